The minimum atomic E-state index is -4.54. The molecule has 2 rings (SSSR count). The third-order valence-electron chi connectivity index (χ3n) is 4.26. The fourth-order valence-electron chi connectivity index (χ4n) is 2.96. The maximum absolute atomic E-state index is 12.7. The summed E-state index contributed by atoms with van der Waals surface area (Å²) in [4.78, 5) is 25.8. The number of aliphatic hydroxyl groups is 1. The Morgan fingerprint density at radius 2 is 2.04 bits per heavy atom. The van der Waals surface area contributed by atoms with Crippen molar-refractivity contribution in [2.24, 2.45) is 5.92 Å². The lowest BCUT2D eigenvalue weighted by molar-refractivity contribution is -0.137. The number of halogens is 3. The smallest absolute Gasteiger partial charge is 0.391 e. The number of nitrogens with one attached hydrogen (secondary N) is 1. The molecule has 8 heteroatoms. The van der Waals surface area contributed by atoms with E-state index in [4.69, 9.17) is 0 Å². The maximum atomic E-state index is 12.7. The molecule has 1 fully saturated rings. The van der Waals surface area contributed by atoms with Crippen molar-refractivity contribution in [2.45, 2.75) is 38.6 Å². The zero-order valence-electron chi connectivity index (χ0n) is 14.0. The van der Waals surface area contributed by atoms with Crippen molar-refractivity contribution in [2.75, 3.05) is 13.1 Å². The van der Waals surface area contributed by atoms with Crippen molar-refractivity contribution in [3.8, 4) is 0 Å². The zero-order valence-corrected chi connectivity index (χ0v) is 14.0. The van der Waals surface area contributed by atoms with Crippen LogP contribution in [-0.2, 0) is 11.0 Å². The van der Waals surface area contributed by atoms with Crippen LogP contribution in [0.15, 0.2) is 24.3 Å². The molecule has 2 atom stereocenters. The summed E-state index contributed by atoms with van der Waals surface area (Å²) < 4.78 is 38.1. The third-order valence-corrected chi connectivity index (χ3v) is 4.26. The Kier molecular flexibility index (Phi) is 5.72. The lowest BCUT2D eigenvalue weighted by Gasteiger charge is -2.27. The van der Waals surface area contributed by atoms with Crippen molar-refractivity contribution in [1.82, 2.24) is 10.2 Å². The van der Waals surface area contributed by atoms with Crippen molar-refractivity contribution in [3.05, 3.63) is 35.4 Å². The Bertz CT molecular complexity index is 646. The van der Waals surface area contributed by atoms with E-state index in [9.17, 15) is 27.9 Å². The van der Waals surface area contributed by atoms with Gasteiger partial charge in [-0.15, -0.1) is 0 Å². The molecule has 1 heterocycles. The highest BCUT2D eigenvalue weighted by molar-refractivity contribution is 5.96. The summed E-state index contributed by atoms with van der Waals surface area (Å²) in [5.41, 5.74) is -1.08. The molecule has 2 amide bonds. The SMILES string of the molecule is CC(C)C1CC(O)CN1C(=O)CNC(=O)c1cccc(C(F)(F)F)c1. The highest BCUT2D eigenvalue weighted by Crippen LogP contribution is 2.29. The van der Waals surface area contributed by atoms with Crippen LogP contribution >= 0.6 is 0 Å². The minimum Gasteiger partial charge on any atom is -0.391 e. The van der Waals surface area contributed by atoms with E-state index in [1.54, 1.807) is 0 Å². The van der Waals surface area contributed by atoms with Crippen LogP contribution in [0.5, 0.6) is 0 Å². The van der Waals surface area contributed by atoms with Crippen LogP contribution < -0.4 is 5.32 Å². The molecule has 0 spiro atoms. The second-order valence-corrected chi connectivity index (χ2v) is 6.51. The van der Waals surface area contributed by atoms with Crippen molar-refractivity contribution in [3.63, 3.8) is 0 Å². The van der Waals surface area contributed by atoms with E-state index in [0.717, 1.165) is 18.2 Å². The normalized spacial score (nSPS) is 20.8. The fourth-order valence-corrected chi connectivity index (χ4v) is 2.96. The van der Waals surface area contributed by atoms with Gasteiger partial charge in [0.15, 0.2) is 0 Å². The number of carbonyl (C=O) groups excluding carboxylic acids is 2. The number of benzene rings is 1. The third kappa shape index (κ3) is 4.72. The van der Waals surface area contributed by atoms with E-state index in [-0.39, 0.29) is 36.5 Å². The van der Waals surface area contributed by atoms with Crippen LogP contribution in [0.2, 0.25) is 0 Å². The molecule has 0 saturated carbocycles. The standard InChI is InChI=1S/C17H21F3N2O3/c1-10(2)14-7-13(23)9-22(14)15(24)8-21-16(25)11-4-3-5-12(6-11)17(18,19)20/h3-6,10,13-14,23H,7-9H2,1-2H3,(H,21,25). The van der Waals surface area contributed by atoms with E-state index in [1.165, 1.54) is 11.0 Å². The molecule has 0 radical (unpaired) electrons. The number of amides is 2. The topological polar surface area (TPSA) is 69.6 Å². The first-order chi connectivity index (χ1) is 11.6. The average Bonchev–Trinajstić information content (AvgIpc) is 2.94. The van der Waals surface area contributed by atoms with Gasteiger partial charge >= 0.3 is 6.18 Å². The van der Waals surface area contributed by atoms with Crippen molar-refractivity contribution in [1.29, 1.82) is 0 Å². The number of hydrogen-bond acceptors (Lipinski definition) is 3. The Labute approximate surface area is 143 Å². The minimum absolute atomic E-state index is 0.118. The number of hydrogen-bond donors (Lipinski definition) is 2. The molecule has 2 N–H and O–H groups in total. The molecule has 1 aliphatic rings. The molecule has 1 aromatic carbocycles. The van der Waals surface area contributed by atoms with E-state index in [2.05, 4.69) is 5.32 Å². The van der Waals surface area contributed by atoms with E-state index < -0.39 is 23.8 Å². The summed E-state index contributed by atoms with van der Waals surface area (Å²) in [6.07, 6.45) is -4.66. The van der Waals surface area contributed by atoms with Crippen LogP contribution in [0.25, 0.3) is 0 Å². The number of rotatable bonds is 4. The molecular formula is C17H21F3N2O3. The van der Waals surface area contributed by atoms with Gasteiger partial charge in [-0.05, 0) is 30.5 Å². The lowest BCUT2D eigenvalue weighted by Crippen LogP contribution is -2.44. The first-order valence-corrected chi connectivity index (χ1v) is 8.02. The maximum Gasteiger partial charge on any atom is 0.416 e. The van der Waals surface area contributed by atoms with Crippen molar-refractivity contribution < 1.29 is 27.9 Å². The molecule has 1 saturated heterocycles. The Morgan fingerprint density at radius 3 is 2.64 bits per heavy atom. The highest BCUT2D eigenvalue weighted by Gasteiger charge is 2.36. The average molecular weight is 358 g/mol. The van der Waals surface area contributed by atoms with Gasteiger partial charge in [-0.1, -0.05) is 19.9 Å². The van der Waals surface area contributed by atoms with Crippen LogP contribution in [0.1, 0.15) is 36.2 Å². The molecule has 0 aliphatic carbocycles. The molecular weight excluding hydrogens is 337 g/mol. The van der Waals surface area contributed by atoms with Crippen LogP contribution in [0.4, 0.5) is 13.2 Å². The molecule has 5 nitrogen and oxygen atoms in total. The zero-order chi connectivity index (χ0) is 18.8. The summed E-state index contributed by atoms with van der Waals surface area (Å²) in [5, 5.41) is 12.1. The first-order valence-electron chi connectivity index (χ1n) is 8.02. The van der Waals surface area contributed by atoms with Crippen LogP contribution in [0, 0.1) is 5.92 Å². The molecule has 25 heavy (non-hydrogen) atoms. The van der Waals surface area contributed by atoms with Crippen LogP contribution in [0.3, 0.4) is 0 Å². The summed E-state index contributed by atoms with van der Waals surface area (Å²) in [6, 6.07) is 3.90. The number of nitrogens with zero attached hydrogens (tertiary/aromatic N) is 1. The Balaban J connectivity index is 1.99. The summed E-state index contributed by atoms with van der Waals surface area (Å²) in [7, 11) is 0. The molecule has 1 aromatic rings. The molecule has 2 unspecified atom stereocenters. The molecule has 1 aliphatic heterocycles. The molecule has 0 aromatic heterocycles. The van der Waals surface area contributed by atoms with Gasteiger partial charge in [0, 0.05) is 18.2 Å². The second kappa shape index (κ2) is 7.43. The lowest BCUT2D eigenvalue weighted by atomic mass is 10.0. The van der Waals surface area contributed by atoms with E-state index >= 15 is 0 Å². The van der Waals surface area contributed by atoms with Gasteiger partial charge in [-0.2, -0.15) is 13.2 Å². The fraction of sp³-hybridized carbons (Fsp3) is 0.529. The Morgan fingerprint density at radius 1 is 1.36 bits per heavy atom. The first kappa shape index (κ1) is 19.2. The van der Waals surface area contributed by atoms with Gasteiger partial charge in [0.1, 0.15) is 0 Å². The van der Waals surface area contributed by atoms with E-state index in [1.807, 2.05) is 13.8 Å². The van der Waals surface area contributed by atoms with Crippen molar-refractivity contribution >= 4 is 11.8 Å². The van der Waals surface area contributed by atoms with Crippen LogP contribution in [-0.4, -0.2) is 47.1 Å². The Hall–Kier alpha value is -2.09. The number of carbonyl (C=O) groups is 2. The molecule has 0 bridgehead atoms. The van der Waals surface area contributed by atoms with Gasteiger partial charge in [0.05, 0.1) is 18.2 Å². The van der Waals surface area contributed by atoms with Gasteiger partial charge in [-0.3, -0.25) is 9.59 Å². The summed E-state index contributed by atoms with van der Waals surface area (Å²) >= 11 is 0. The summed E-state index contributed by atoms with van der Waals surface area (Å²) in [6.45, 7) is 3.74. The highest BCUT2D eigenvalue weighted by atomic mass is 19.4. The summed E-state index contributed by atoms with van der Waals surface area (Å²) in [5.74, 6) is -0.962. The molecule has 138 valence electrons. The number of β-amino-alcohol motifs (C(OH)–C–C–N with tert-alkyl or cyclic N) is 1. The van der Waals surface area contributed by atoms with Gasteiger partial charge in [-0.25, -0.2) is 0 Å². The number of alkyl halides is 3. The predicted octanol–water partition coefficient (Wildman–Crippen LogP) is 2.05. The quantitative estimate of drug-likeness (QED) is 0.866. The monoisotopic (exact) mass is 358 g/mol. The van der Waals surface area contributed by atoms with Gasteiger partial charge in [0.2, 0.25) is 5.91 Å². The number of likely N-dealkylation sites (tertiary alicyclic amines) is 1. The van der Waals surface area contributed by atoms with E-state index in [0.29, 0.717) is 6.42 Å². The number of aliphatic hydroxyl groups excluding tert-OH is 1. The van der Waals surface area contributed by atoms with Gasteiger partial charge < -0.3 is 15.3 Å². The van der Waals surface area contributed by atoms with Gasteiger partial charge in [0.25, 0.3) is 5.91 Å². The largest absolute Gasteiger partial charge is 0.416 e. The predicted molar refractivity (Wildman–Crippen MR) is 84.7 cm³/mol. The second-order valence-electron chi connectivity index (χ2n) is 6.51.